The molecule has 0 fully saturated rings. The van der Waals surface area contributed by atoms with Crippen molar-refractivity contribution >= 4 is 11.1 Å². The van der Waals surface area contributed by atoms with Gasteiger partial charge in [0.15, 0.2) is 5.58 Å². The van der Waals surface area contributed by atoms with E-state index < -0.39 is 0 Å². The fraction of sp³-hybridized carbons (Fsp3) is 0.188. The second kappa shape index (κ2) is 4.56. The number of rotatable bonds is 2. The van der Waals surface area contributed by atoms with Gasteiger partial charge in [0.1, 0.15) is 5.75 Å². The van der Waals surface area contributed by atoms with Crippen LogP contribution in [-0.2, 0) is 7.05 Å². The van der Waals surface area contributed by atoms with Gasteiger partial charge >= 0.3 is 5.76 Å². The molecule has 0 bridgehead atoms. The lowest BCUT2D eigenvalue weighted by Gasteiger charge is -2.08. The van der Waals surface area contributed by atoms with E-state index in [1.165, 1.54) is 4.57 Å². The zero-order valence-electron chi connectivity index (χ0n) is 11.6. The molecule has 2 aromatic carbocycles. The fourth-order valence-electron chi connectivity index (χ4n) is 2.31. The van der Waals surface area contributed by atoms with Gasteiger partial charge < -0.3 is 9.15 Å². The van der Waals surface area contributed by atoms with Crippen molar-refractivity contribution in [2.45, 2.75) is 6.92 Å². The van der Waals surface area contributed by atoms with Crippen LogP contribution in [0.5, 0.6) is 5.75 Å². The number of aromatic nitrogens is 1. The van der Waals surface area contributed by atoms with Crippen molar-refractivity contribution in [3.8, 4) is 16.9 Å². The predicted octanol–water partition coefficient (Wildman–Crippen LogP) is 3.12. The van der Waals surface area contributed by atoms with E-state index in [1.807, 2.05) is 43.3 Å². The van der Waals surface area contributed by atoms with Crippen molar-refractivity contribution in [3.05, 3.63) is 52.5 Å². The lowest BCUT2D eigenvalue weighted by atomic mass is 10.0. The van der Waals surface area contributed by atoms with Gasteiger partial charge in [-0.05, 0) is 41.8 Å². The van der Waals surface area contributed by atoms with Crippen LogP contribution in [0.4, 0.5) is 0 Å². The largest absolute Gasteiger partial charge is 0.496 e. The van der Waals surface area contributed by atoms with Crippen LogP contribution in [0.3, 0.4) is 0 Å². The number of aryl methyl sites for hydroxylation is 2. The summed E-state index contributed by atoms with van der Waals surface area (Å²) >= 11 is 0. The van der Waals surface area contributed by atoms with Crippen LogP contribution in [0.2, 0.25) is 0 Å². The number of nitrogens with zero attached hydrogens (tertiary/aromatic N) is 1. The van der Waals surface area contributed by atoms with Gasteiger partial charge in [-0.25, -0.2) is 4.79 Å². The molecule has 0 radical (unpaired) electrons. The summed E-state index contributed by atoms with van der Waals surface area (Å²) in [6.45, 7) is 2.01. The van der Waals surface area contributed by atoms with Gasteiger partial charge in [0.05, 0.1) is 12.6 Å². The van der Waals surface area contributed by atoms with Gasteiger partial charge in [0, 0.05) is 7.05 Å². The van der Waals surface area contributed by atoms with Crippen molar-refractivity contribution in [1.29, 1.82) is 0 Å². The molecular weight excluding hydrogens is 254 g/mol. The van der Waals surface area contributed by atoms with Gasteiger partial charge in [-0.1, -0.05) is 18.2 Å². The lowest BCUT2D eigenvalue weighted by molar-refractivity contribution is 0.412. The molecule has 0 aliphatic heterocycles. The predicted molar refractivity (Wildman–Crippen MR) is 78.2 cm³/mol. The Labute approximate surface area is 116 Å². The Kier molecular flexibility index (Phi) is 2.86. The number of benzene rings is 2. The Morgan fingerprint density at radius 3 is 2.55 bits per heavy atom. The molecule has 1 heterocycles. The third-order valence-corrected chi connectivity index (χ3v) is 3.53. The molecule has 0 amide bonds. The first-order valence-corrected chi connectivity index (χ1v) is 6.35. The van der Waals surface area contributed by atoms with E-state index >= 15 is 0 Å². The number of hydrogen-bond donors (Lipinski definition) is 0. The number of methoxy groups -OCH3 is 1. The van der Waals surface area contributed by atoms with E-state index in [9.17, 15) is 4.79 Å². The van der Waals surface area contributed by atoms with Crippen molar-refractivity contribution < 1.29 is 9.15 Å². The number of oxazole rings is 1. The summed E-state index contributed by atoms with van der Waals surface area (Å²) in [7, 11) is 3.36. The average molecular weight is 269 g/mol. The molecule has 0 aliphatic carbocycles. The number of ether oxygens (including phenoxy) is 1. The van der Waals surface area contributed by atoms with Gasteiger partial charge in [-0.3, -0.25) is 4.57 Å². The first kappa shape index (κ1) is 12.5. The highest BCUT2D eigenvalue weighted by atomic mass is 16.5. The molecule has 0 saturated heterocycles. The highest BCUT2D eigenvalue weighted by Crippen LogP contribution is 2.28. The van der Waals surface area contributed by atoms with Crippen molar-refractivity contribution in [2.24, 2.45) is 7.05 Å². The third-order valence-electron chi connectivity index (χ3n) is 3.53. The number of hydrogen-bond acceptors (Lipinski definition) is 3. The summed E-state index contributed by atoms with van der Waals surface area (Å²) in [5, 5.41) is 0. The van der Waals surface area contributed by atoms with E-state index in [0.717, 1.165) is 28.0 Å². The van der Waals surface area contributed by atoms with E-state index in [-0.39, 0.29) is 5.76 Å². The van der Waals surface area contributed by atoms with E-state index in [0.29, 0.717) is 5.58 Å². The molecule has 4 heteroatoms. The topological polar surface area (TPSA) is 44.4 Å². The molecule has 0 spiro atoms. The summed E-state index contributed by atoms with van der Waals surface area (Å²) in [4.78, 5) is 11.5. The third kappa shape index (κ3) is 1.90. The SMILES string of the molecule is COc1cc(-c2ccc3oc(=O)n(C)c3c2)ccc1C. The fourth-order valence-corrected chi connectivity index (χ4v) is 2.31. The number of fused-ring (bicyclic) bond motifs is 1. The van der Waals surface area contributed by atoms with Crippen molar-refractivity contribution in [2.75, 3.05) is 7.11 Å². The van der Waals surface area contributed by atoms with E-state index in [4.69, 9.17) is 9.15 Å². The Hall–Kier alpha value is -2.49. The highest BCUT2D eigenvalue weighted by molar-refractivity contribution is 5.81. The van der Waals surface area contributed by atoms with Crippen LogP contribution in [0.15, 0.2) is 45.6 Å². The maximum atomic E-state index is 11.5. The lowest BCUT2D eigenvalue weighted by Crippen LogP contribution is -2.08. The summed E-state index contributed by atoms with van der Waals surface area (Å²) in [6.07, 6.45) is 0. The molecule has 0 unspecified atom stereocenters. The summed E-state index contributed by atoms with van der Waals surface area (Å²) in [6, 6.07) is 11.8. The normalized spacial score (nSPS) is 10.9. The van der Waals surface area contributed by atoms with Crippen molar-refractivity contribution in [1.82, 2.24) is 4.57 Å². The molecular formula is C16H15NO3. The molecule has 0 aliphatic rings. The molecule has 3 aromatic rings. The van der Waals surface area contributed by atoms with Crippen LogP contribution >= 0.6 is 0 Å². The van der Waals surface area contributed by atoms with Crippen LogP contribution in [-0.4, -0.2) is 11.7 Å². The smallest absolute Gasteiger partial charge is 0.419 e. The zero-order chi connectivity index (χ0) is 14.3. The Bertz CT molecular complexity index is 843. The van der Waals surface area contributed by atoms with E-state index in [2.05, 4.69) is 0 Å². The first-order valence-electron chi connectivity index (χ1n) is 6.35. The van der Waals surface area contributed by atoms with Crippen LogP contribution in [0, 0.1) is 6.92 Å². The van der Waals surface area contributed by atoms with Crippen LogP contribution in [0.25, 0.3) is 22.2 Å². The van der Waals surface area contributed by atoms with Gasteiger partial charge in [0.25, 0.3) is 0 Å². The molecule has 3 rings (SSSR count). The summed E-state index contributed by atoms with van der Waals surface area (Å²) in [5.74, 6) is 0.502. The van der Waals surface area contributed by atoms with E-state index in [1.54, 1.807) is 14.2 Å². The molecule has 20 heavy (non-hydrogen) atoms. The second-order valence-corrected chi connectivity index (χ2v) is 4.79. The second-order valence-electron chi connectivity index (χ2n) is 4.79. The summed E-state index contributed by atoms with van der Waals surface area (Å²) < 4.78 is 12.0. The maximum absolute atomic E-state index is 11.5. The molecule has 0 atom stereocenters. The zero-order valence-corrected chi connectivity index (χ0v) is 11.6. The minimum atomic E-state index is -0.348. The first-order chi connectivity index (χ1) is 9.60. The maximum Gasteiger partial charge on any atom is 0.419 e. The van der Waals surface area contributed by atoms with Gasteiger partial charge in [-0.2, -0.15) is 0 Å². The van der Waals surface area contributed by atoms with Crippen LogP contribution in [0.1, 0.15) is 5.56 Å². The molecule has 4 nitrogen and oxygen atoms in total. The Morgan fingerprint density at radius 2 is 1.80 bits per heavy atom. The Morgan fingerprint density at radius 1 is 1.10 bits per heavy atom. The molecule has 0 N–H and O–H groups in total. The standard InChI is InChI=1S/C16H15NO3/c1-10-4-5-12(9-15(10)19-3)11-6-7-14-13(8-11)17(2)16(18)20-14/h4-9H,1-3H3. The monoisotopic (exact) mass is 269 g/mol. The minimum absolute atomic E-state index is 0.348. The average Bonchev–Trinajstić information content (AvgIpc) is 2.74. The minimum Gasteiger partial charge on any atom is -0.496 e. The Balaban J connectivity index is 2.19. The molecule has 102 valence electrons. The quantitative estimate of drug-likeness (QED) is 0.718. The van der Waals surface area contributed by atoms with Gasteiger partial charge in [-0.15, -0.1) is 0 Å². The van der Waals surface area contributed by atoms with Gasteiger partial charge in [0.2, 0.25) is 0 Å². The molecule has 1 aromatic heterocycles. The van der Waals surface area contributed by atoms with Crippen molar-refractivity contribution in [3.63, 3.8) is 0 Å². The summed E-state index contributed by atoms with van der Waals surface area (Å²) in [5.41, 5.74) is 4.54. The highest BCUT2D eigenvalue weighted by Gasteiger charge is 2.08. The molecule has 0 saturated carbocycles. The van der Waals surface area contributed by atoms with Crippen LogP contribution < -0.4 is 10.5 Å².